The van der Waals surface area contributed by atoms with E-state index in [-0.39, 0.29) is 17.6 Å². The molecule has 0 aliphatic carbocycles. The Morgan fingerprint density at radius 3 is 2.62 bits per heavy atom. The van der Waals surface area contributed by atoms with Crippen molar-refractivity contribution < 1.29 is 19.4 Å². The largest absolute Gasteiger partial charge is 0.512 e. The molecule has 34 heavy (non-hydrogen) atoms. The number of aliphatic hydroxyl groups excluding tert-OH is 1. The van der Waals surface area contributed by atoms with Gasteiger partial charge in [-0.15, -0.1) is 0 Å². The fraction of sp³-hybridized carbons (Fsp3) is 0.185. The number of allylic oxidation sites excluding steroid dienone is 1. The Morgan fingerprint density at radius 2 is 1.94 bits per heavy atom. The number of carbonyl (C=O) groups excluding carboxylic acids is 1. The number of fused-ring (bicyclic) bond motifs is 1. The number of hydrogen-bond acceptors (Lipinski definition) is 5. The van der Waals surface area contributed by atoms with Crippen LogP contribution in [-0.2, 0) is 6.42 Å². The van der Waals surface area contributed by atoms with Gasteiger partial charge in [-0.3, -0.25) is 4.79 Å². The maximum atomic E-state index is 12.4. The van der Waals surface area contributed by atoms with Gasteiger partial charge in [0.05, 0.1) is 17.9 Å². The number of rotatable bonds is 7. The van der Waals surface area contributed by atoms with Gasteiger partial charge in [0.2, 0.25) is 0 Å². The van der Waals surface area contributed by atoms with Crippen molar-refractivity contribution in [1.82, 2.24) is 5.32 Å². The molecule has 1 aliphatic heterocycles. The lowest BCUT2D eigenvalue weighted by Gasteiger charge is -2.26. The standard InChI is InChI=1S/C27H23ClN2O4/c1-17(31)23-11-13-33-26-15-25(20(16-29)14-24(23)26)34-22-8-4-19(5-9-22)27(32)30-12-10-18-2-6-21(28)7-3-18/h2-9,14-15,23,31H,1,10-13H2,(H,30,32). The van der Waals surface area contributed by atoms with Crippen LogP contribution in [0.5, 0.6) is 17.2 Å². The highest BCUT2D eigenvalue weighted by Crippen LogP contribution is 2.41. The molecule has 0 aromatic heterocycles. The average molecular weight is 475 g/mol. The van der Waals surface area contributed by atoms with E-state index < -0.39 is 0 Å². The number of aliphatic hydroxyl groups is 1. The summed E-state index contributed by atoms with van der Waals surface area (Å²) in [6.07, 6.45) is 1.29. The summed E-state index contributed by atoms with van der Waals surface area (Å²) in [4.78, 5) is 12.4. The van der Waals surface area contributed by atoms with Gasteiger partial charge in [0.25, 0.3) is 5.91 Å². The number of hydrogen-bond donors (Lipinski definition) is 2. The van der Waals surface area contributed by atoms with Crippen molar-refractivity contribution in [2.75, 3.05) is 13.2 Å². The Balaban J connectivity index is 1.41. The summed E-state index contributed by atoms with van der Waals surface area (Å²) in [7, 11) is 0. The minimum atomic E-state index is -0.276. The second kappa shape index (κ2) is 10.3. The van der Waals surface area contributed by atoms with Crippen LogP contribution in [0, 0.1) is 11.3 Å². The van der Waals surface area contributed by atoms with Crippen molar-refractivity contribution in [3.05, 3.63) is 100 Å². The number of nitrogens with one attached hydrogen (secondary N) is 1. The molecule has 0 saturated carbocycles. The molecule has 1 heterocycles. The smallest absolute Gasteiger partial charge is 0.251 e. The molecule has 0 radical (unpaired) electrons. The third-order valence-electron chi connectivity index (χ3n) is 5.63. The highest BCUT2D eigenvalue weighted by atomic mass is 35.5. The van der Waals surface area contributed by atoms with Gasteiger partial charge in [-0.1, -0.05) is 30.3 Å². The molecule has 0 bridgehead atoms. The van der Waals surface area contributed by atoms with Crippen LogP contribution in [0.3, 0.4) is 0 Å². The Labute approximate surface area is 203 Å². The summed E-state index contributed by atoms with van der Waals surface area (Å²) in [6, 6.07) is 19.6. The number of benzene rings is 3. The molecule has 3 aromatic carbocycles. The molecular formula is C27H23ClN2O4. The van der Waals surface area contributed by atoms with Crippen molar-refractivity contribution in [3.8, 4) is 23.3 Å². The summed E-state index contributed by atoms with van der Waals surface area (Å²) < 4.78 is 11.6. The molecule has 1 amide bonds. The van der Waals surface area contributed by atoms with Crippen molar-refractivity contribution in [3.63, 3.8) is 0 Å². The van der Waals surface area contributed by atoms with E-state index in [2.05, 4.69) is 18.0 Å². The van der Waals surface area contributed by atoms with Crippen LogP contribution in [0.4, 0.5) is 0 Å². The highest BCUT2D eigenvalue weighted by Gasteiger charge is 2.26. The van der Waals surface area contributed by atoms with E-state index in [0.717, 1.165) is 5.56 Å². The topological polar surface area (TPSA) is 91.6 Å². The predicted octanol–water partition coefficient (Wildman–Crippen LogP) is 5.91. The summed E-state index contributed by atoms with van der Waals surface area (Å²) in [5.41, 5.74) is 2.63. The molecule has 0 saturated heterocycles. The molecule has 2 N–H and O–H groups in total. The number of halogens is 1. The zero-order chi connectivity index (χ0) is 24.1. The second-order valence-corrected chi connectivity index (χ2v) is 8.37. The lowest BCUT2D eigenvalue weighted by Crippen LogP contribution is -2.25. The quantitative estimate of drug-likeness (QED) is 0.415. The molecule has 0 spiro atoms. The monoisotopic (exact) mass is 474 g/mol. The molecule has 6 nitrogen and oxygen atoms in total. The Hall–Kier alpha value is -3.95. The van der Waals surface area contributed by atoms with Crippen LogP contribution in [0.25, 0.3) is 0 Å². The van der Waals surface area contributed by atoms with Crippen LogP contribution in [0.2, 0.25) is 5.02 Å². The van der Waals surface area contributed by atoms with Gasteiger partial charge >= 0.3 is 0 Å². The first-order valence-corrected chi connectivity index (χ1v) is 11.2. The van der Waals surface area contributed by atoms with Gasteiger partial charge in [0.1, 0.15) is 23.3 Å². The Kier molecular flexibility index (Phi) is 7.05. The van der Waals surface area contributed by atoms with Gasteiger partial charge in [0.15, 0.2) is 0 Å². The zero-order valence-electron chi connectivity index (χ0n) is 18.4. The van der Waals surface area contributed by atoms with E-state index in [1.165, 1.54) is 0 Å². The molecule has 1 atom stereocenters. The fourth-order valence-corrected chi connectivity index (χ4v) is 3.94. The Bertz CT molecular complexity index is 1250. The van der Waals surface area contributed by atoms with Gasteiger partial charge in [-0.2, -0.15) is 5.26 Å². The van der Waals surface area contributed by atoms with E-state index in [1.807, 2.05) is 24.3 Å². The van der Waals surface area contributed by atoms with Crippen molar-refractivity contribution in [2.24, 2.45) is 0 Å². The summed E-state index contributed by atoms with van der Waals surface area (Å²) in [5, 5.41) is 23.1. The van der Waals surface area contributed by atoms with Crippen LogP contribution in [0.1, 0.15) is 39.4 Å². The van der Waals surface area contributed by atoms with Gasteiger partial charge < -0.3 is 19.9 Å². The van der Waals surface area contributed by atoms with Crippen LogP contribution >= 0.6 is 11.6 Å². The van der Waals surface area contributed by atoms with Crippen LogP contribution in [0.15, 0.2) is 73.0 Å². The van der Waals surface area contributed by atoms with Gasteiger partial charge in [-0.25, -0.2) is 0 Å². The molecule has 1 aliphatic rings. The minimum Gasteiger partial charge on any atom is -0.512 e. The molecule has 4 rings (SSSR count). The summed E-state index contributed by atoms with van der Waals surface area (Å²) >= 11 is 5.89. The van der Waals surface area contributed by atoms with E-state index in [4.69, 9.17) is 21.1 Å². The van der Waals surface area contributed by atoms with Crippen LogP contribution < -0.4 is 14.8 Å². The lowest BCUT2D eigenvalue weighted by molar-refractivity contribution is 0.0954. The molecular weight excluding hydrogens is 452 g/mol. The van der Waals surface area contributed by atoms with Crippen LogP contribution in [-0.4, -0.2) is 24.2 Å². The van der Waals surface area contributed by atoms with Crippen molar-refractivity contribution in [2.45, 2.75) is 18.8 Å². The van der Waals surface area contributed by atoms with E-state index in [0.29, 0.717) is 65.0 Å². The first kappa shape index (κ1) is 23.2. The average Bonchev–Trinajstić information content (AvgIpc) is 2.84. The third-order valence-corrected chi connectivity index (χ3v) is 5.88. The van der Waals surface area contributed by atoms with Crippen molar-refractivity contribution in [1.29, 1.82) is 5.26 Å². The minimum absolute atomic E-state index is 0.0455. The Morgan fingerprint density at radius 1 is 1.21 bits per heavy atom. The fourth-order valence-electron chi connectivity index (χ4n) is 3.81. The number of ether oxygens (including phenoxy) is 2. The molecule has 7 heteroatoms. The molecule has 172 valence electrons. The SMILES string of the molecule is C=C(O)C1CCOc2cc(Oc3ccc(C(=O)NCCc4ccc(Cl)cc4)cc3)c(C#N)cc21. The summed E-state index contributed by atoms with van der Waals surface area (Å²) in [6.45, 7) is 4.57. The predicted molar refractivity (Wildman–Crippen MR) is 130 cm³/mol. The number of nitriles is 1. The molecule has 3 aromatic rings. The van der Waals surface area contributed by atoms with Crippen molar-refractivity contribution >= 4 is 17.5 Å². The highest BCUT2D eigenvalue weighted by molar-refractivity contribution is 6.30. The van der Waals surface area contributed by atoms with Gasteiger partial charge in [-0.05, 0) is 60.9 Å². The molecule has 1 unspecified atom stereocenters. The normalized spacial score (nSPS) is 14.3. The van der Waals surface area contributed by atoms with E-state index in [9.17, 15) is 15.2 Å². The third kappa shape index (κ3) is 5.33. The second-order valence-electron chi connectivity index (χ2n) is 7.94. The molecule has 0 fully saturated rings. The van der Waals surface area contributed by atoms with Gasteiger partial charge in [0, 0.05) is 34.7 Å². The lowest BCUT2D eigenvalue weighted by atomic mass is 9.90. The maximum absolute atomic E-state index is 12.4. The first-order chi connectivity index (χ1) is 16.4. The number of amides is 1. The van der Waals surface area contributed by atoms with E-state index in [1.54, 1.807) is 36.4 Å². The first-order valence-electron chi connectivity index (χ1n) is 10.8. The van der Waals surface area contributed by atoms with E-state index >= 15 is 0 Å². The summed E-state index contributed by atoms with van der Waals surface area (Å²) in [5.74, 6) is 0.957. The number of nitrogens with zero attached hydrogens (tertiary/aromatic N) is 1. The maximum Gasteiger partial charge on any atom is 0.251 e. The number of carbonyl (C=O) groups is 1. The zero-order valence-corrected chi connectivity index (χ0v) is 19.1.